The molecule has 2 rings (SSSR count). The maximum atomic E-state index is 13.2. The van der Waals surface area contributed by atoms with Gasteiger partial charge in [-0.05, 0) is 18.6 Å². The number of aliphatic hydroxyl groups excluding tert-OH is 1. The molecule has 2 N–H and O–H groups in total. The van der Waals surface area contributed by atoms with E-state index in [0.717, 1.165) is 0 Å². The number of nitrogens with one attached hydrogen (secondary N) is 1. The number of benzene rings is 1. The molecule has 2 nitrogen and oxygen atoms in total. The second-order valence-corrected chi connectivity index (χ2v) is 5.84. The fourth-order valence-electron chi connectivity index (χ4n) is 1.99. The van der Waals surface area contributed by atoms with Crippen LogP contribution >= 0.6 is 23.2 Å². The Labute approximate surface area is 110 Å². The van der Waals surface area contributed by atoms with Crippen molar-refractivity contribution in [2.75, 3.05) is 5.32 Å². The van der Waals surface area contributed by atoms with Crippen LogP contribution in [0.25, 0.3) is 0 Å². The van der Waals surface area contributed by atoms with Crippen LogP contribution in [0.3, 0.4) is 0 Å². The first-order valence-electron chi connectivity index (χ1n) is 5.41. The predicted molar refractivity (Wildman–Crippen MR) is 68.2 cm³/mol. The lowest BCUT2D eigenvalue weighted by molar-refractivity contribution is -0.0510. The van der Waals surface area contributed by atoms with E-state index in [1.54, 1.807) is 0 Å². The molecule has 0 aromatic heterocycles. The van der Waals surface area contributed by atoms with Gasteiger partial charge in [0.05, 0.1) is 16.1 Å². The van der Waals surface area contributed by atoms with Crippen LogP contribution in [-0.4, -0.2) is 17.3 Å². The zero-order chi connectivity index (χ0) is 12.8. The number of hydrogen-bond acceptors (Lipinski definition) is 2. The van der Waals surface area contributed by atoms with Gasteiger partial charge in [-0.25, -0.2) is 4.39 Å². The summed E-state index contributed by atoms with van der Waals surface area (Å²) in [5, 5.41) is 12.8. The molecular formula is C12H14Cl2FNO. The molecule has 0 aliphatic heterocycles. The normalized spacial score (nSPS) is 26.5. The smallest absolute Gasteiger partial charge is 0.160 e. The molecule has 94 valence electrons. The average molecular weight is 278 g/mol. The van der Waals surface area contributed by atoms with Crippen molar-refractivity contribution in [2.45, 2.75) is 32.4 Å². The molecule has 1 saturated carbocycles. The number of anilines is 1. The highest BCUT2D eigenvalue weighted by atomic mass is 35.5. The van der Waals surface area contributed by atoms with Gasteiger partial charge in [-0.3, -0.25) is 0 Å². The van der Waals surface area contributed by atoms with Crippen LogP contribution in [0.4, 0.5) is 10.1 Å². The van der Waals surface area contributed by atoms with E-state index in [-0.39, 0.29) is 27.6 Å². The van der Waals surface area contributed by atoms with Crippen molar-refractivity contribution in [3.63, 3.8) is 0 Å². The van der Waals surface area contributed by atoms with Gasteiger partial charge in [0.2, 0.25) is 0 Å². The third kappa shape index (κ3) is 2.24. The second-order valence-electron chi connectivity index (χ2n) is 5.02. The van der Waals surface area contributed by atoms with Gasteiger partial charge in [-0.2, -0.15) is 0 Å². The van der Waals surface area contributed by atoms with Gasteiger partial charge in [-0.15, -0.1) is 0 Å². The van der Waals surface area contributed by atoms with Crippen LogP contribution in [0.1, 0.15) is 20.3 Å². The summed E-state index contributed by atoms with van der Waals surface area (Å²) in [5.41, 5.74) is 0.472. The summed E-state index contributed by atoms with van der Waals surface area (Å²) in [5.74, 6) is -0.605. The highest BCUT2D eigenvalue weighted by Gasteiger charge is 2.47. The fourth-order valence-corrected chi connectivity index (χ4v) is 2.47. The molecule has 17 heavy (non-hydrogen) atoms. The SMILES string of the molecule is CC1(C)C(O)CC1Nc1cc(Cl)c(F)c(Cl)c1. The molecule has 0 radical (unpaired) electrons. The minimum atomic E-state index is -0.605. The summed E-state index contributed by atoms with van der Waals surface area (Å²) in [7, 11) is 0. The molecule has 1 aliphatic carbocycles. The Morgan fingerprint density at radius 2 is 1.88 bits per heavy atom. The predicted octanol–water partition coefficient (Wildman–Crippen LogP) is 3.70. The summed E-state index contributed by atoms with van der Waals surface area (Å²) in [6.07, 6.45) is 0.353. The zero-order valence-corrected chi connectivity index (χ0v) is 11.1. The van der Waals surface area contributed by atoms with E-state index in [1.807, 2.05) is 13.8 Å². The molecule has 0 saturated heterocycles. The lowest BCUT2D eigenvalue weighted by Gasteiger charge is -2.49. The van der Waals surface area contributed by atoms with E-state index >= 15 is 0 Å². The van der Waals surface area contributed by atoms with Crippen LogP contribution < -0.4 is 5.32 Å². The molecule has 0 amide bonds. The van der Waals surface area contributed by atoms with Crippen molar-refractivity contribution < 1.29 is 9.50 Å². The van der Waals surface area contributed by atoms with Gasteiger partial charge in [0.15, 0.2) is 5.82 Å². The van der Waals surface area contributed by atoms with Crippen LogP contribution in [0.2, 0.25) is 10.0 Å². The summed E-state index contributed by atoms with van der Waals surface area (Å²) in [6, 6.07) is 3.14. The molecule has 0 spiro atoms. The summed E-state index contributed by atoms with van der Waals surface area (Å²) < 4.78 is 13.2. The molecule has 1 aliphatic rings. The first-order valence-corrected chi connectivity index (χ1v) is 6.17. The lowest BCUT2D eigenvalue weighted by atomic mass is 9.64. The quantitative estimate of drug-likeness (QED) is 0.808. The van der Waals surface area contributed by atoms with E-state index in [1.165, 1.54) is 12.1 Å². The van der Waals surface area contributed by atoms with Gasteiger partial charge >= 0.3 is 0 Å². The molecule has 5 heteroatoms. The van der Waals surface area contributed by atoms with Crippen molar-refractivity contribution in [3.8, 4) is 0 Å². The van der Waals surface area contributed by atoms with Crippen molar-refractivity contribution in [1.29, 1.82) is 0 Å². The number of rotatable bonds is 2. The van der Waals surface area contributed by atoms with Crippen LogP contribution in [0.15, 0.2) is 12.1 Å². The van der Waals surface area contributed by atoms with Gasteiger partial charge in [0.25, 0.3) is 0 Å². The summed E-state index contributed by atoms with van der Waals surface area (Å²) in [6.45, 7) is 3.96. The summed E-state index contributed by atoms with van der Waals surface area (Å²) in [4.78, 5) is 0. The maximum Gasteiger partial charge on any atom is 0.160 e. The Morgan fingerprint density at radius 1 is 1.35 bits per heavy atom. The van der Waals surface area contributed by atoms with Crippen LogP contribution in [0.5, 0.6) is 0 Å². The average Bonchev–Trinajstić information content (AvgIpc) is 2.25. The minimum absolute atomic E-state index is 0.00215. The van der Waals surface area contributed by atoms with Crippen LogP contribution in [0, 0.1) is 11.2 Å². The molecule has 2 unspecified atom stereocenters. The van der Waals surface area contributed by atoms with E-state index in [2.05, 4.69) is 5.32 Å². The fraction of sp³-hybridized carbons (Fsp3) is 0.500. The first kappa shape index (κ1) is 12.9. The van der Waals surface area contributed by atoms with Gasteiger partial charge < -0.3 is 10.4 Å². The topological polar surface area (TPSA) is 32.3 Å². The van der Waals surface area contributed by atoms with Gasteiger partial charge in [0.1, 0.15) is 0 Å². The van der Waals surface area contributed by atoms with E-state index in [4.69, 9.17) is 23.2 Å². The molecule has 1 aromatic carbocycles. The largest absolute Gasteiger partial charge is 0.392 e. The standard InChI is InChI=1S/C12H14Cl2FNO/c1-12(2)9(5-10(12)17)16-6-3-7(13)11(15)8(14)4-6/h3-4,9-10,16-17H,5H2,1-2H3. The van der Waals surface area contributed by atoms with E-state index < -0.39 is 5.82 Å². The number of aliphatic hydroxyl groups is 1. The first-order chi connectivity index (χ1) is 7.82. The zero-order valence-electron chi connectivity index (χ0n) is 9.60. The van der Waals surface area contributed by atoms with Crippen LogP contribution in [-0.2, 0) is 0 Å². The van der Waals surface area contributed by atoms with Gasteiger partial charge in [0, 0.05) is 17.1 Å². The molecule has 2 atom stereocenters. The summed E-state index contributed by atoms with van der Waals surface area (Å²) >= 11 is 11.4. The molecule has 1 fully saturated rings. The second kappa shape index (κ2) is 4.30. The monoisotopic (exact) mass is 277 g/mol. The van der Waals surface area contributed by atoms with E-state index in [0.29, 0.717) is 12.1 Å². The Bertz CT molecular complexity index is 427. The third-order valence-corrected chi connectivity index (χ3v) is 4.09. The molecular weight excluding hydrogens is 264 g/mol. The van der Waals surface area contributed by atoms with E-state index in [9.17, 15) is 9.50 Å². The molecule has 0 heterocycles. The Morgan fingerprint density at radius 3 is 2.29 bits per heavy atom. The van der Waals surface area contributed by atoms with Gasteiger partial charge in [-0.1, -0.05) is 37.0 Å². The Hall–Kier alpha value is -0.510. The number of hydrogen-bond donors (Lipinski definition) is 2. The molecule has 0 bridgehead atoms. The minimum Gasteiger partial charge on any atom is -0.392 e. The number of halogens is 3. The van der Waals surface area contributed by atoms with Crippen molar-refractivity contribution >= 4 is 28.9 Å². The van der Waals surface area contributed by atoms with Crippen molar-refractivity contribution in [2.24, 2.45) is 5.41 Å². The Balaban J connectivity index is 2.16. The highest BCUT2D eigenvalue weighted by molar-refractivity contribution is 6.35. The third-order valence-electron chi connectivity index (χ3n) is 3.54. The van der Waals surface area contributed by atoms with Crippen molar-refractivity contribution in [1.82, 2.24) is 0 Å². The lowest BCUT2D eigenvalue weighted by Crippen LogP contribution is -2.56. The highest BCUT2D eigenvalue weighted by Crippen LogP contribution is 2.42. The molecule has 1 aromatic rings. The maximum absolute atomic E-state index is 13.2. The Kier molecular flexibility index (Phi) is 3.27. The van der Waals surface area contributed by atoms with Crippen molar-refractivity contribution in [3.05, 3.63) is 28.0 Å².